The Morgan fingerprint density at radius 3 is 2.74 bits per heavy atom. The summed E-state index contributed by atoms with van der Waals surface area (Å²) in [4.78, 5) is 13.5. The lowest BCUT2D eigenvalue weighted by Gasteiger charge is -2.24. The molecule has 2 heterocycles. The summed E-state index contributed by atoms with van der Waals surface area (Å²) in [5.74, 6) is -0.914. The second kappa shape index (κ2) is 8.74. The normalized spacial score (nSPS) is 16.7. The van der Waals surface area contributed by atoms with Crippen LogP contribution in [0.15, 0.2) is 54.7 Å². The van der Waals surface area contributed by atoms with Gasteiger partial charge in [0.15, 0.2) is 5.69 Å². The van der Waals surface area contributed by atoms with E-state index in [1.165, 1.54) is 18.3 Å². The Labute approximate surface area is 175 Å². The molecule has 1 fully saturated rings. The van der Waals surface area contributed by atoms with Gasteiger partial charge in [0.2, 0.25) is 0 Å². The van der Waals surface area contributed by atoms with Crippen molar-refractivity contribution >= 4 is 11.6 Å². The molecule has 1 saturated heterocycles. The van der Waals surface area contributed by atoms with Gasteiger partial charge in [-0.15, -0.1) is 18.3 Å². The molecular weight excluding hydrogens is 415 g/mol. The van der Waals surface area contributed by atoms with E-state index in [4.69, 9.17) is 4.74 Å². The molecule has 11 heteroatoms. The van der Waals surface area contributed by atoms with Crippen LogP contribution in [0.4, 0.5) is 18.9 Å². The summed E-state index contributed by atoms with van der Waals surface area (Å²) in [6.07, 6.45) is -3.62. The molecule has 2 N–H and O–H groups in total. The average molecular weight is 433 g/mol. The molecule has 31 heavy (non-hydrogen) atoms. The molecule has 0 aliphatic carbocycles. The van der Waals surface area contributed by atoms with Crippen LogP contribution in [-0.2, 0) is 4.74 Å². The number of morpholine rings is 1. The van der Waals surface area contributed by atoms with Gasteiger partial charge in [-0.2, -0.15) is 9.90 Å². The van der Waals surface area contributed by atoms with Crippen molar-refractivity contribution < 1.29 is 27.4 Å². The van der Waals surface area contributed by atoms with Crippen molar-refractivity contribution in [1.82, 2.24) is 20.3 Å². The van der Waals surface area contributed by atoms with Crippen LogP contribution < -0.4 is 15.4 Å². The first-order chi connectivity index (χ1) is 14.9. The Morgan fingerprint density at radius 2 is 2.03 bits per heavy atom. The van der Waals surface area contributed by atoms with Gasteiger partial charge in [-0.1, -0.05) is 18.2 Å². The van der Waals surface area contributed by atoms with Gasteiger partial charge in [-0.3, -0.25) is 4.79 Å². The molecule has 8 nitrogen and oxygen atoms in total. The maximum Gasteiger partial charge on any atom is 0.573 e. The molecule has 1 atom stereocenters. The fourth-order valence-corrected chi connectivity index (χ4v) is 3.05. The van der Waals surface area contributed by atoms with E-state index in [0.29, 0.717) is 12.3 Å². The number of hydrogen-bond donors (Lipinski definition) is 2. The van der Waals surface area contributed by atoms with E-state index in [2.05, 4.69) is 25.6 Å². The summed E-state index contributed by atoms with van der Waals surface area (Å²) in [6.45, 7) is 2.19. The van der Waals surface area contributed by atoms with Crippen molar-refractivity contribution in [2.24, 2.45) is 0 Å². The number of benzene rings is 2. The third-order valence-electron chi connectivity index (χ3n) is 4.47. The minimum Gasteiger partial charge on any atom is -0.406 e. The zero-order valence-electron chi connectivity index (χ0n) is 16.1. The predicted molar refractivity (Wildman–Crippen MR) is 104 cm³/mol. The van der Waals surface area contributed by atoms with E-state index in [-0.39, 0.29) is 17.5 Å². The Hall–Kier alpha value is -3.44. The van der Waals surface area contributed by atoms with Gasteiger partial charge >= 0.3 is 6.36 Å². The zero-order valence-corrected chi connectivity index (χ0v) is 16.1. The van der Waals surface area contributed by atoms with Crippen LogP contribution in [0.2, 0.25) is 0 Å². The largest absolute Gasteiger partial charge is 0.573 e. The van der Waals surface area contributed by atoms with Crippen LogP contribution in [0.25, 0.3) is 5.69 Å². The van der Waals surface area contributed by atoms with E-state index < -0.39 is 18.0 Å². The van der Waals surface area contributed by atoms with Gasteiger partial charge in [-0.05, 0) is 29.8 Å². The Kier molecular flexibility index (Phi) is 5.87. The first-order valence-electron chi connectivity index (χ1n) is 9.39. The molecule has 0 saturated carbocycles. The van der Waals surface area contributed by atoms with Crippen molar-refractivity contribution in [2.75, 3.05) is 25.0 Å². The van der Waals surface area contributed by atoms with Crippen LogP contribution in [0.5, 0.6) is 5.75 Å². The Balaban J connectivity index is 1.42. The molecule has 3 aromatic rings. The molecule has 4 rings (SSSR count). The van der Waals surface area contributed by atoms with Crippen molar-refractivity contribution in [2.45, 2.75) is 12.5 Å². The number of nitrogens with zero attached hydrogens (tertiary/aromatic N) is 3. The predicted octanol–water partition coefficient (Wildman–Crippen LogP) is 3.08. The second-order valence-electron chi connectivity index (χ2n) is 6.70. The third-order valence-corrected chi connectivity index (χ3v) is 4.47. The number of carbonyl (C=O) groups excluding carboxylic acids is 1. The quantitative estimate of drug-likeness (QED) is 0.643. The number of carbonyl (C=O) groups is 1. The van der Waals surface area contributed by atoms with Gasteiger partial charge < -0.3 is 20.1 Å². The van der Waals surface area contributed by atoms with Crippen LogP contribution >= 0.6 is 0 Å². The summed E-state index contributed by atoms with van der Waals surface area (Å²) in [6, 6.07) is 12.4. The fourth-order valence-electron chi connectivity index (χ4n) is 3.05. The maximum atomic E-state index is 12.5. The van der Waals surface area contributed by atoms with Crippen LogP contribution in [-0.4, -0.2) is 47.0 Å². The molecule has 1 aliphatic rings. The zero-order chi connectivity index (χ0) is 21.8. The lowest BCUT2D eigenvalue weighted by Crippen LogP contribution is -2.33. The number of anilines is 1. The first-order valence-corrected chi connectivity index (χ1v) is 9.39. The summed E-state index contributed by atoms with van der Waals surface area (Å²) in [5, 5.41) is 13.9. The number of aromatic nitrogens is 3. The van der Waals surface area contributed by atoms with E-state index in [9.17, 15) is 18.0 Å². The summed E-state index contributed by atoms with van der Waals surface area (Å²) in [5.41, 5.74) is 1.78. The highest BCUT2D eigenvalue weighted by molar-refractivity contribution is 6.02. The van der Waals surface area contributed by atoms with E-state index in [1.54, 1.807) is 12.1 Å². The smallest absolute Gasteiger partial charge is 0.406 e. The summed E-state index contributed by atoms with van der Waals surface area (Å²) in [7, 11) is 0. The SMILES string of the molecule is O=C(Nc1ccc(C2CNCCO2)cc1)c1cnn(-c2cccc(OC(F)(F)F)c2)n1. The molecule has 0 bridgehead atoms. The van der Waals surface area contributed by atoms with Gasteiger partial charge in [0.05, 0.1) is 24.6 Å². The standard InChI is InChI=1S/C20H18F3N5O3/c21-20(22,23)31-16-3-1-2-15(10-16)28-25-11-17(27-28)19(29)26-14-6-4-13(5-7-14)18-12-24-8-9-30-18/h1-7,10-11,18,24H,8-9,12H2,(H,26,29). The molecule has 1 amide bonds. The van der Waals surface area contributed by atoms with Crippen LogP contribution in [0.1, 0.15) is 22.2 Å². The van der Waals surface area contributed by atoms with Crippen molar-refractivity contribution in [3.8, 4) is 11.4 Å². The first kappa shape index (κ1) is 20.8. The van der Waals surface area contributed by atoms with Gasteiger partial charge in [0, 0.05) is 24.8 Å². The monoisotopic (exact) mass is 433 g/mol. The number of rotatable bonds is 5. The van der Waals surface area contributed by atoms with Gasteiger partial charge in [0.25, 0.3) is 5.91 Å². The minimum atomic E-state index is -4.81. The second-order valence-corrected chi connectivity index (χ2v) is 6.70. The number of amides is 1. The maximum absolute atomic E-state index is 12.5. The van der Waals surface area contributed by atoms with E-state index in [1.807, 2.05) is 12.1 Å². The lowest BCUT2D eigenvalue weighted by atomic mass is 10.1. The van der Waals surface area contributed by atoms with E-state index >= 15 is 0 Å². The summed E-state index contributed by atoms with van der Waals surface area (Å²) >= 11 is 0. The summed E-state index contributed by atoms with van der Waals surface area (Å²) < 4.78 is 46.8. The minimum absolute atomic E-state index is 0.00559. The molecule has 2 aromatic carbocycles. The number of halogens is 3. The molecule has 0 spiro atoms. The molecular formula is C20H18F3N5O3. The third kappa shape index (κ3) is 5.38. The lowest BCUT2D eigenvalue weighted by molar-refractivity contribution is -0.274. The average Bonchev–Trinajstić information content (AvgIpc) is 3.25. The van der Waals surface area contributed by atoms with Gasteiger partial charge in [0.1, 0.15) is 5.75 Å². The molecule has 162 valence electrons. The highest BCUT2D eigenvalue weighted by atomic mass is 19.4. The Bertz CT molecular complexity index is 1050. The van der Waals surface area contributed by atoms with Crippen molar-refractivity contribution in [3.05, 3.63) is 66.0 Å². The Morgan fingerprint density at radius 1 is 1.23 bits per heavy atom. The molecule has 1 aromatic heterocycles. The fraction of sp³-hybridized carbons (Fsp3) is 0.250. The van der Waals surface area contributed by atoms with Crippen LogP contribution in [0, 0.1) is 0 Å². The van der Waals surface area contributed by atoms with Gasteiger partial charge in [-0.25, -0.2) is 0 Å². The number of hydrogen-bond acceptors (Lipinski definition) is 6. The van der Waals surface area contributed by atoms with E-state index in [0.717, 1.165) is 35.6 Å². The molecule has 0 radical (unpaired) electrons. The number of nitrogens with one attached hydrogen (secondary N) is 2. The highest BCUT2D eigenvalue weighted by Gasteiger charge is 2.31. The van der Waals surface area contributed by atoms with Crippen molar-refractivity contribution in [3.63, 3.8) is 0 Å². The van der Waals surface area contributed by atoms with Crippen LogP contribution in [0.3, 0.4) is 0 Å². The topological polar surface area (TPSA) is 90.3 Å². The molecule has 1 unspecified atom stereocenters. The molecule has 1 aliphatic heterocycles. The number of alkyl halides is 3. The number of ether oxygens (including phenoxy) is 2. The highest BCUT2D eigenvalue weighted by Crippen LogP contribution is 2.24. The van der Waals surface area contributed by atoms with Crippen molar-refractivity contribution in [1.29, 1.82) is 0 Å².